The molecule has 168 valence electrons. The average Bonchev–Trinajstić information content (AvgIpc) is 2.79. The first-order valence-electron chi connectivity index (χ1n) is 10.2. The van der Waals surface area contributed by atoms with Crippen LogP contribution in [0.4, 0.5) is 5.69 Å². The molecule has 0 aliphatic rings. The molecule has 33 heavy (non-hydrogen) atoms. The minimum Gasteiger partial charge on any atom is -0.494 e. The van der Waals surface area contributed by atoms with E-state index in [9.17, 15) is 10.1 Å². The summed E-state index contributed by atoms with van der Waals surface area (Å²) in [6.07, 6.45) is 1.96. The lowest BCUT2D eigenvalue weighted by Crippen LogP contribution is -2.14. The Bertz CT molecular complexity index is 1260. The van der Waals surface area contributed by atoms with Crippen molar-refractivity contribution in [3.63, 3.8) is 0 Å². The highest BCUT2D eigenvalue weighted by atomic mass is 35.5. The van der Waals surface area contributed by atoms with Gasteiger partial charge in [-0.2, -0.15) is 5.26 Å². The van der Waals surface area contributed by atoms with Crippen LogP contribution in [0.25, 0.3) is 6.08 Å². The van der Waals surface area contributed by atoms with Crippen molar-refractivity contribution >= 4 is 52.5 Å². The molecule has 3 aromatic rings. The number of hydrogen-bond acceptors (Lipinski definition) is 3. The van der Waals surface area contributed by atoms with E-state index in [4.69, 9.17) is 39.5 Å². The third-order valence-electron chi connectivity index (χ3n) is 4.99. The minimum absolute atomic E-state index is 0.0771. The molecule has 1 amide bonds. The molecule has 4 nitrogen and oxygen atoms in total. The van der Waals surface area contributed by atoms with Crippen molar-refractivity contribution in [1.29, 1.82) is 5.26 Å². The predicted molar refractivity (Wildman–Crippen MR) is 135 cm³/mol. The molecule has 0 unspecified atom stereocenters. The van der Waals surface area contributed by atoms with Gasteiger partial charge in [0.05, 0.1) is 6.61 Å². The fourth-order valence-corrected chi connectivity index (χ4v) is 3.91. The van der Waals surface area contributed by atoms with Gasteiger partial charge in [0.1, 0.15) is 17.4 Å². The maximum absolute atomic E-state index is 12.7. The van der Waals surface area contributed by atoms with Crippen LogP contribution in [0.15, 0.2) is 60.2 Å². The summed E-state index contributed by atoms with van der Waals surface area (Å²) >= 11 is 19.0. The average molecular weight is 500 g/mol. The van der Waals surface area contributed by atoms with E-state index < -0.39 is 5.91 Å². The Morgan fingerprint density at radius 3 is 2.48 bits per heavy atom. The number of rotatable bonds is 7. The van der Waals surface area contributed by atoms with Crippen molar-refractivity contribution < 1.29 is 9.53 Å². The zero-order valence-corrected chi connectivity index (χ0v) is 20.4. The molecular weight excluding hydrogens is 479 g/mol. The van der Waals surface area contributed by atoms with Crippen molar-refractivity contribution in [2.24, 2.45) is 0 Å². The smallest absolute Gasteiger partial charge is 0.266 e. The molecule has 0 bridgehead atoms. The molecule has 1 N–H and O–H groups in total. The largest absolute Gasteiger partial charge is 0.494 e. The molecular formula is C26H21Cl3N2O2. The van der Waals surface area contributed by atoms with Gasteiger partial charge in [-0.1, -0.05) is 59.1 Å². The molecule has 3 rings (SSSR count). The highest BCUT2D eigenvalue weighted by Gasteiger charge is 2.16. The summed E-state index contributed by atoms with van der Waals surface area (Å²) in [4.78, 5) is 12.7. The molecule has 0 radical (unpaired) electrons. The second kappa shape index (κ2) is 11.2. The van der Waals surface area contributed by atoms with Crippen LogP contribution in [-0.2, 0) is 11.2 Å². The third-order valence-corrected chi connectivity index (χ3v) is 6.11. The third kappa shape index (κ3) is 6.09. The van der Waals surface area contributed by atoms with E-state index in [0.717, 1.165) is 16.7 Å². The lowest BCUT2D eigenvalue weighted by molar-refractivity contribution is -0.112. The van der Waals surface area contributed by atoms with E-state index in [1.807, 2.05) is 37.3 Å². The maximum Gasteiger partial charge on any atom is 0.266 e. The van der Waals surface area contributed by atoms with E-state index in [2.05, 4.69) is 5.32 Å². The number of ether oxygens (including phenoxy) is 1. The molecule has 0 heterocycles. The van der Waals surface area contributed by atoms with E-state index in [1.54, 1.807) is 37.3 Å². The van der Waals surface area contributed by atoms with Crippen LogP contribution in [0, 0.1) is 18.3 Å². The van der Waals surface area contributed by atoms with Crippen LogP contribution < -0.4 is 10.1 Å². The molecule has 0 aliphatic carbocycles. The van der Waals surface area contributed by atoms with Crippen molar-refractivity contribution in [2.45, 2.75) is 20.3 Å². The number of benzene rings is 3. The second-order valence-electron chi connectivity index (χ2n) is 7.22. The molecule has 0 spiro atoms. The van der Waals surface area contributed by atoms with Gasteiger partial charge in [0.25, 0.3) is 5.91 Å². The van der Waals surface area contributed by atoms with Crippen LogP contribution in [0.3, 0.4) is 0 Å². The topological polar surface area (TPSA) is 62.1 Å². The zero-order valence-electron chi connectivity index (χ0n) is 18.1. The van der Waals surface area contributed by atoms with Crippen molar-refractivity contribution in [3.8, 4) is 11.8 Å². The summed E-state index contributed by atoms with van der Waals surface area (Å²) in [5.74, 6) is 0.0247. The lowest BCUT2D eigenvalue weighted by atomic mass is 10.0. The molecule has 0 aliphatic heterocycles. The first-order chi connectivity index (χ1) is 15.8. The molecule has 0 saturated carbocycles. The van der Waals surface area contributed by atoms with Crippen LogP contribution in [0.1, 0.15) is 29.2 Å². The Hall–Kier alpha value is -2.97. The first kappa shape index (κ1) is 24.7. The van der Waals surface area contributed by atoms with Crippen molar-refractivity contribution in [2.75, 3.05) is 11.9 Å². The van der Waals surface area contributed by atoms with Crippen LogP contribution in [0.2, 0.25) is 15.1 Å². The maximum atomic E-state index is 12.7. The molecule has 0 saturated heterocycles. The monoisotopic (exact) mass is 498 g/mol. The number of carbonyl (C=O) groups excluding carboxylic acids is 1. The Morgan fingerprint density at radius 1 is 1.06 bits per heavy atom. The number of carbonyl (C=O) groups is 1. The van der Waals surface area contributed by atoms with E-state index in [-0.39, 0.29) is 5.57 Å². The summed E-state index contributed by atoms with van der Waals surface area (Å²) in [6.45, 7) is 4.09. The van der Waals surface area contributed by atoms with Crippen molar-refractivity contribution in [3.05, 3.63) is 97.5 Å². The fraction of sp³-hybridized carbons (Fsp3) is 0.154. The SMILES string of the molecule is CCOc1cc(/C=C(\C#N)C(=O)Nc2cccc(Cl)c2C)cc(Cl)c1Cc1ccccc1Cl. The summed E-state index contributed by atoms with van der Waals surface area (Å²) < 4.78 is 5.82. The number of halogens is 3. The highest BCUT2D eigenvalue weighted by Crippen LogP contribution is 2.33. The molecule has 0 fully saturated rings. The normalized spacial score (nSPS) is 11.1. The van der Waals surface area contributed by atoms with Gasteiger partial charge in [-0.05, 0) is 66.9 Å². The number of amides is 1. The molecule has 7 heteroatoms. The number of nitrogens with one attached hydrogen (secondary N) is 1. The summed E-state index contributed by atoms with van der Waals surface area (Å²) in [5.41, 5.74) is 3.44. The van der Waals surface area contributed by atoms with E-state index >= 15 is 0 Å². The Kier molecular flexibility index (Phi) is 8.41. The summed E-state index contributed by atoms with van der Waals surface area (Å²) in [7, 11) is 0. The van der Waals surface area contributed by atoms with Gasteiger partial charge in [-0.3, -0.25) is 4.79 Å². The van der Waals surface area contributed by atoms with E-state index in [1.165, 1.54) is 6.08 Å². The molecule has 0 aromatic heterocycles. The minimum atomic E-state index is -0.544. The van der Waals surface area contributed by atoms with Gasteiger partial charge in [0, 0.05) is 32.7 Å². The number of hydrogen-bond donors (Lipinski definition) is 1. The predicted octanol–water partition coefficient (Wildman–Crippen LogP) is 7.49. The standard InChI is InChI=1S/C26H21Cl3N2O2/c1-3-33-25-13-17(12-23(29)20(25)14-18-7-4-5-8-22(18)28)11-19(15-30)26(32)31-24-10-6-9-21(27)16(24)2/h4-13H,3,14H2,1-2H3,(H,31,32)/b19-11+. The number of anilines is 1. The quantitative estimate of drug-likeness (QED) is 0.270. The zero-order chi connectivity index (χ0) is 24.0. The van der Waals surface area contributed by atoms with Gasteiger partial charge in [-0.15, -0.1) is 0 Å². The van der Waals surface area contributed by atoms with Crippen LogP contribution >= 0.6 is 34.8 Å². The van der Waals surface area contributed by atoms with Crippen LogP contribution in [-0.4, -0.2) is 12.5 Å². The summed E-state index contributed by atoms with van der Waals surface area (Å²) in [5, 5.41) is 13.9. The van der Waals surface area contributed by atoms with Gasteiger partial charge < -0.3 is 10.1 Å². The number of nitrogens with zero attached hydrogens (tertiary/aromatic N) is 1. The Labute approximate surface area is 208 Å². The van der Waals surface area contributed by atoms with Gasteiger partial charge in [-0.25, -0.2) is 0 Å². The summed E-state index contributed by atoms with van der Waals surface area (Å²) in [6, 6.07) is 18.1. The van der Waals surface area contributed by atoms with Gasteiger partial charge in [0.2, 0.25) is 0 Å². The van der Waals surface area contributed by atoms with Crippen LogP contribution in [0.5, 0.6) is 5.75 Å². The second-order valence-corrected chi connectivity index (χ2v) is 8.44. The molecule has 0 atom stereocenters. The Balaban J connectivity index is 1.94. The number of nitriles is 1. The van der Waals surface area contributed by atoms with Gasteiger partial charge >= 0.3 is 0 Å². The van der Waals surface area contributed by atoms with E-state index in [0.29, 0.717) is 45.1 Å². The first-order valence-corrected chi connectivity index (χ1v) is 11.3. The van der Waals surface area contributed by atoms with Crippen molar-refractivity contribution in [1.82, 2.24) is 0 Å². The Morgan fingerprint density at radius 2 is 1.79 bits per heavy atom. The lowest BCUT2D eigenvalue weighted by Gasteiger charge is -2.14. The van der Waals surface area contributed by atoms with Gasteiger partial charge in [0.15, 0.2) is 0 Å². The highest BCUT2D eigenvalue weighted by molar-refractivity contribution is 6.32. The molecule has 3 aromatic carbocycles. The fourth-order valence-electron chi connectivity index (χ4n) is 3.25.